The Labute approximate surface area is 92.5 Å². The number of aliphatic hydroxyl groups is 1. The van der Waals surface area contributed by atoms with Gasteiger partial charge in [0.15, 0.2) is 0 Å². The Morgan fingerprint density at radius 2 is 2.06 bits per heavy atom. The lowest BCUT2D eigenvalue weighted by Crippen LogP contribution is -2.19. The normalized spacial score (nSPS) is 12.1. The van der Waals surface area contributed by atoms with E-state index in [1.54, 1.807) is 19.1 Å². The largest absolute Gasteiger partial charge is 0.478 e. The first-order valence-electron chi connectivity index (χ1n) is 4.76. The SMILES string of the molecule is CC(O)Cc1cccc(C(N)=O)c1C(=O)O. The van der Waals surface area contributed by atoms with Gasteiger partial charge in [-0.3, -0.25) is 4.79 Å². The van der Waals surface area contributed by atoms with Crippen LogP contribution in [0.3, 0.4) is 0 Å². The number of hydrogen-bond acceptors (Lipinski definition) is 3. The lowest BCUT2D eigenvalue weighted by Gasteiger charge is -2.10. The summed E-state index contributed by atoms with van der Waals surface area (Å²) in [6.07, 6.45) is -0.510. The molecule has 0 radical (unpaired) electrons. The second-order valence-electron chi connectivity index (χ2n) is 3.56. The molecule has 1 rings (SSSR count). The molecule has 0 spiro atoms. The van der Waals surface area contributed by atoms with Crippen LogP contribution in [0.1, 0.15) is 33.2 Å². The van der Waals surface area contributed by atoms with Crippen molar-refractivity contribution in [1.82, 2.24) is 0 Å². The number of carboxylic acid groups (broad SMARTS) is 1. The number of benzene rings is 1. The first kappa shape index (κ1) is 12.2. The van der Waals surface area contributed by atoms with Gasteiger partial charge >= 0.3 is 5.97 Å². The summed E-state index contributed by atoms with van der Waals surface area (Å²) in [4.78, 5) is 22.1. The molecule has 1 amide bonds. The van der Waals surface area contributed by atoms with E-state index in [9.17, 15) is 14.7 Å². The Balaban J connectivity index is 3.32. The van der Waals surface area contributed by atoms with Gasteiger partial charge in [-0.05, 0) is 25.0 Å². The summed E-state index contributed by atoms with van der Waals surface area (Å²) in [7, 11) is 0. The Hall–Kier alpha value is -1.88. The number of rotatable bonds is 4. The van der Waals surface area contributed by atoms with E-state index in [2.05, 4.69) is 0 Å². The number of carbonyl (C=O) groups excluding carboxylic acids is 1. The molecule has 1 aromatic carbocycles. The molecule has 0 aliphatic rings. The third kappa shape index (κ3) is 2.58. The molecule has 0 heterocycles. The van der Waals surface area contributed by atoms with Crippen LogP contribution in [-0.2, 0) is 6.42 Å². The van der Waals surface area contributed by atoms with Crippen LogP contribution in [0.5, 0.6) is 0 Å². The van der Waals surface area contributed by atoms with Crippen LogP contribution in [-0.4, -0.2) is 28.2 Å². The van der Waals surface area contributed by atoms with Crippen LogP contribution in [0.2, 0.25) is 0 Å². The fraction of sp³-hybridized carbons (Fsp3) is 0.273. The number of hydrogen-bond donors (Lipinski definition) is 3. The third-order valence-corrected chi connectivity index (χ3v) is 2.15. The van der Waals surface area contributed by atoms with Crippen molar-refractivity contribution >= 4 is 11.9 Å². The van der Waals surface area contributed by atoms with Crippen molar-refractivity contribution in [3.05, 3.63) is 34.9 Å². The Morgan fingerprint density at radius 1 is 1.44 bits per heavy atom. The van der Waals surface area contributed by atoms with E-state index in [0.29, 0.717) is 5.56 Å². The van der Waals surface area contributed by atoms with Gasteiger partial charge in [0, 0.05) is 0 Å². The molecule has 86 valence electrons. The third-order valence-electron chi connectivity index (χ3n) is 2.15. The molecule has 16 heavy (non-hydrogen) atoms. The van der Waals surface area contributed by atoms with Crippen LogP contribution >= 0.6 is 0 Å². The maximum absolute atomic E-state index is 11.1. The molecule has 0 bridgehead atoms. The fourth-order valence-corrected chi connectivity index (χ4v) is 1.55. The molecule has 1 atom stereocenters. The molecule has 0 fully saturated rings. The zero-order chi connectivity index (χ0) is 12.3. The number of nitrogens with two attached hydrogens (primary N) is 1. The minimum Gasteiger partial charge on any atom is -0.478 e. The zero-order valence-corrected chi connectivity index (χ0v) is 8.80. The van der Waals surface area contributed by atoms with E-state index in [-0.39, 0.29) is 17.5 Å². The molecule has 0 saturated heterocycles. The van der Waals surface area contributed by atoms with Gasteiger partial charge in [0.05, 0.1) is 17.2 Å². The zero-order valence-electron chi connectivity index (χ0n) is 8.80. The second-order valence-corrected chi connectivity index (χ2v) is 3.56. The van der Waals surface area contributed by atoms with E-state index in [1.165, 1.54) is 6.07 Å². The highest BCUT2D eigenvalue weighted by molar-refractivity contribution is 6.05. The maximum atomic E-state index is 11.1. The molecule has 5 nitrogen and oxygen atoms in total. The number of primary amides is 1. The smallest absolute Gasteiger partial charge is 0.336 e. The summed E-state index contributed by atoms with van der Waals surface area (Å²) >= 11 is 0. The van der Waals surface area contributed by atoms with E-state index in [4.69, 9.17) is 10.8 Å². The number of amides is 1. The minimum atomic E-state index is -1.22. The quantitative estimate of drug-likeness (QED) is 0.688. The monoisotopic (exact) mass is 223 g/mol. The van der Waals surface area contributed by atoms with Crippen molar-refractivity contribution in [3.63, 3.8) is 0 Å². The van der Waals surface area contributed by atoms with Crippen molar-refractivity contribution in [3.8, 4) is 0 Å². The number of carboxylic acids is 1. The predicted molar refractivity (Wildman–Crippen MR) is 57.3 cm³/mol. The van der Waals surface area contributed by atoms with Gasteiger partial charge in [-0.1, -0.05) is 12.1 Å². The van der Waals surface area contributed by atoms with Crippen LogP contribution in [0.15, 0.2) is 18.2 Å². The summed E-state index contributed by atoms with van der Waals surface area (Å²) in [6.45, 7) is 1.54. The van der Waals surface area contributed by atoms with Gasteiger partial charge in [-0.15, -0.1) is 0 Å². The van der Waals surface area contributed by atoms with Crippen molar-refractivity contribution in [2.75, 3.05) is 0 Å². The highest BCUT2D eigenvalue weighted by Gasteiger charge is 2.19. The Morgan fingerprint density at radius 3 is 2.50 bits per heavy atom. The van der Waals surface area contributed by atoms with Crippen LogP contribution in [0.4, 0.5) is 0 Å². The fourth-order valence-electron chi connectivity index (χ4n) is 1.55. The summed E-state index contributed by atoms with van der Waals surface area (Å²) in [5, 5.41) is 18.3. The van der Waals surface area contributed by atoms with Gasteiger partial charge in [-0.2, -0.15) is 0 Å². The predicted octanol–water partition coefficient (Wildman–Crippen LogP) is 0.407. The molecule has 0 aliphatic heterocycles. The lowest BCUT2D eigenvalue weighted by atomic mass is 9.97. The maximum Gasteiger partial charge on any atom is 0.336 e. The highest BCUT2D eigenvalue weighted by Crippen LogP contribution is 2.16. The van der Waals surface area contributed by atoms with Crippen LogP contribution in [0.25, 0.3) is 0 Å². The summed E-state index contributed by atoms with van der Waals surface area (Å²) < 4.78 is 0. The lowest BCUT2D eigenvalue weighted by molar-refractivity contribution is 0.0690. The van der Waals surface area contributed by atoms with E-state index < -0.39 is 18.0 Å². The van der Waals surface area contributed by atoms with E-state index in [1.807, 2.05) is 0 Å². The molecule has 1 unspecified atom stereocenters. The standard InChI is InChI=1S/C11H13NO4/c1-6(13)5-7-3-2-4-8(10(12)14)9(7)11(15)16/h2-4,6,13H,5H2,1H3,(H2,12,14)(H,15,16). The Bertz CT molecular complexity index is 426. The Kier molecular flexibility index (Phi) is 3.63. The molecule has 0 aliphatic carbocycles. The molecule has 1 aromatic rings. The van der Waals surface area contributed by atoms with Gasteiger partial charge in [-0.25, -0.2) is 4.79 Å². The number of carbonyl (C=O) groups is 2. The van der Waals surface area contributed by atoms with Crippen molar-refractivity contribution in [2.24, 2.45) is 5.73 Å². The summed E-state index contributed by atoms with van der Waals surface area (Å²) in [5.74, 6) is -2.00. The minimum absolute atomic E-state index is 0.0364. The first-order chi connectivity index (χ1) is 7.43. The van der Waals surface area contributed by atoms with E-state index in [0.717, 1.165) is 0 Å². The molecule has 5 heteroatoms. The summed E-state index contributed by atoms with van der Waals surface area (Å²) in [5.41, 5.74) is 5.32. The van der Waals surface area contributed by atoms with Gasteiger partial charge < -0.3 is 15.9 Å². The van der Waals surface area contributed by atoms with Crippen molar-refractivity contribution < 1.29 is 19.8 Å². The van der Waals surface area contributed by atoms with Gasteiger partial charge in [0.25, 0.3) is 0 Å². The molecular weight excluding hydrogens is 210 g/mol. The molecule has 4 N–H and O–H groups in total. The average molecular weight is 223 g/mol. The number of aromatic carboxylic acids is 1. The van der Waals surface area contributed by atoms with Crippen LogP contribution in [0, 0.1) is 0 Å². The van der Waals surface area contributed by atoms with E-state index >= 15 is 0 Å². The molecule has 0 aromatic heterocycles. The second kappa shape index (κ2) is 4.76. The van der Waals surface area contributed by atoms with Crippen molar-refractivity contribution in [2.45, 2.75) is 19.4 Å². The molecule has 0 saturated carbocycles. The van der Waals surface area contributed by atoms with Crippen LogP contribution < -0.4 is 5.73 Å². The van der Waals surface area contributed by atoms with Crippen molar-refractivity contribution in [1.29, 1.82) is 0 Å². The highest BCUT2D eigenvalue weighted by atomic mass is 16.4. The van der Waals surface area contributed by atoms with Gasteiger partial charge in [0.1, 0.15) is 0 Å². The van der Waals surface area contributed by atoms with Gasteiger partial charge in [0.2, 0.25) is 5.91 Å². The average Bonchev–Trinajstić information content (AvgIpc) is 2.15. The topological polar surface area (TPSA) is 101 Å². The molecular formula is C11H13NO4. The number of aliphatic hydroxyl groups excluding tert-OH is 1. The summed E-state index contributed by atoms with van der Waals surface area (Å²) in [6, 6.07) is 4.46. The first-order valence-corrected chi connectivity index (χ1v) is 4.76.